The van der Waals surface area contributed by atoms with Crippen LogP contribution in [0.2, 0.25) is 0 Å². The predicted octanol–water partition coefficient (Wildman–Crippen LogP) is 3.48. The Morgan fingerprint density at radius 3 is 1.94 bits per heavy atom. The number of methoxy groups -OCH3 is 1. The predicted molar refractivity (Wildman–Crippen MR) is 120 cm³/mol. The SMILES string of the molecule is COc1ccc(Oc2ccc(NC(=O)CN3C(=O)C4C5C=CC(C6CC56)C4C3=O)cc2)cc1. The molecule has 33 heavy (non-hydrogen) atoms. The Kier molecular flexibility index (Phi) is 4.54. The molecule has 7 heteroatoms. The maximum Gasteiger partial charge on any atom is 0.244 e. The van der Waals surface area contributed by atoms with Crippen molar-refractivity contribution in [2.24, 2.45) is 35.5 Å². The Morgan fingerprint density at radius 2 is 1.39 bits per heavy atom. The van der Waals surface area contributed by atoms with Crippen LogP contribution in [0.15, 0.2) is 60.7 Å². The summed E-state index contributed by atoms with van der Waals surface area (Å²) in [6.07, 6.45) is 5.38. The van der Waals surface area contributed by atoms with E-state index < -0.39 is 0 Å². The monoisotopic (exact) mass is 444 g/mol. The molecule has 3 fully saturated rings. The third-order valence-electron chi connectivity index (χ3n) is 7.49. The highest BCUT2D eigenvalue weighted by atomic mass is 16.5. The lowest BCUT2D eigenvalue weighted by atomic mass is 9.63. The molecule has 2 aromatic rings. The van der Waals surface area contributed by atoms with Crippen LogP contribution in [0.1, 0.15) is 6.42 Å². The molecule has 3 amide bonds. The van der Waals surface area contributed by atoms with Gasteiger partial charge in [-0.3, -0.25) is 19.3 Å². The van der Waals surface area contributed by atoms with Gasteiger partial charge in [-0.05, 0) is 78.6 Å². The van der Waals surface area contributed by atoms with Crippen LogP contribution in [0.3, 0.4) is 0 Å². The lowest BCUT2D eigenvalue weighted by molar-refractivity contribution is -0.142. The van der Waals surface area contributed by atoms with Crippen molar-refractivity contribution >= 4 is 23.4 Å². The number of ether oxygens (including phenoxy) is 2. The van der Waals surface area contributed by atoms with E-state index in [-0.39, 0.29) is 47.9 Å². The highest BCUT2D eigenvalue weighted by molar-refractivity contribution is 6.09. The first-order chi connectivity index (χ1) is 16.0. The fraction of sp³-hybridized carbons (Fsp3) is 0.346. The van der Waals surface area contributed by atoms with Crippen LogP contribution in [-0.2, 0) is 14.4 Å². The summed E-state index contributed by atoms with van der Waals surface area (Å²) in [5.74, 6) is 2.13. The van der Waals surface area contributed by atoms with Crippen molar-refractivity contribution in [3.63, 3.8) is 0 Å². The topological polar surface area (TPSA) is 84.9 Å². The van der Waals surface area contributed by atoms with Crippen molar-refractivity contribution in [1.82, 2.24) is 4.90 Å². The minimum Gasteiger partial charge on any atom is -0.497 e. The van der Waals surface area contributed by atoms with Gasteiger partial charge >= 0.3 is 0 Å². The second kappa shape index (κ2) is 7.47. The van der Waals surface area contributed by atoms with Crippen molar-refractivity contribution in [2.75, 3.05) is 19.0 Å². The summed E-state index contributed by atoms with van der Waals surface area (Å²) in [4.78, 5) is 39.8. The number of anilines is 1. The molecule has 7 nitrogen and oxygen atoms in total. The lowest BCUT2D eigenvalue weighted by Crippen LogP contribution is -2.40. The molecule has 7 rings (SSSR count). The largest absolute Gasteiger partial charge is 0.497 e. The number of rotatable bonds is 6. The highest BCUT2D eigenvalue weighted by Gasteiger charge is 2.67. The van der Waals surface area contributed by atoms with E-state index in [4.69, 9.17) is 9.47 Å². The number of carbonyl (C=O) groups is 3. The van der Waals surface area contributed by atoms with Gasteiger partial charge in [0.05, 0.1) is 18.9 Å². The number of amides is 3. The highest BCUT2D eigenvalue weighted by Crippen LogP contribution is 2.65. The van der Waals surface area contributed by atoms with Crippen molar-refractivity contribution in [1.29, 1.82) is 0 Å². The van der Waals surface area contributed by atoms with Crippen molar-refractivity contribution < 1.29 is 23.9 Å². The van der Waals surface area contributed by atoms with Crippen LogP contribution in [0.25, 0.3) is 0 Å². The van der Waals surface area contributed by atoms with Crippen LogP contribution < -0.4 is 14.8 Å². The first-order valence-electron chi connectivity index (χ1n) is 11.3. The number of benzene rings is 2. The summed E-state index contributed by atoms with van der Waals surface area (Å²) in [5.41, 5.74) is 0.571. The van der Waals surface area contributed by atoms with Crippen LogP contribution >= 0.6 is 0 Å². The van der Waals surface area contributed by atoms with Crippen LogP contribution in [0.5, 0.6) is 17.2 Å². The molecule has 4 aliphatic carbocycles. The Hall–Kier alpha value is -3.61. The summed E-state index contributed by atoms with van der Waals surface area (Å²) in [5, 5.41) is 2.78. The minimum absolute atomic E-state index is 0.160. The third-order valence-corrected chi connectivity index (χ3v) is 7.49. The summed E-state index contributed by atoms with van der Waals surface area (Å²) in [6, 6.07) is 14.2. The summed E-state index contributed by atoms with van der Waals surface area (Å²) < 4.78 is 10.9. The van der Waals surface area contributed by atoms with Crippen LogP contribution in [-0.4, -0.2) is 36.3 Å². The lowest BCUT2D eigenvalue weighted by Gasteiger charge is -2.37. The van der Waals surface area contributed by atoms with Crippen LogP contribution in [0.4, 0.5) is 5.69 Å². The average molecular weight is 444 g/mol. The zero-order valence-electron chi connectivity index (χ0n) is 18.1. The quantitative estimate of drug-likeness (QED) is 0.545. The summed E-state index contributed by atoms with van der Waals surface area (Å²) >= 11 is 0. The van der Waals surface area contributed by atoms with Gasteiger partial charge in [0.25, 0.3) is 0 Å². The average Bonchev–Trinajstić information content (AvgIpc) is 3.62. The molecular formula is C26H24N2O5. The van der Waals surface area contributed by atoms with E-state index in [1.165, 1.54) is 4.90 Å². The molecule has 6 atom stereocenters. The molecule has 0 spiro atoms. The Morgan fingerprint density at radius 1 is 0.879 bits per heavy atom. The van der Waals surface area contributed by atoms with E-state index in [0.717, 1.165) is 12.2 Å². The van der Waals surface area contributed by atoms with Crippen molar-refractivity contribution in [2.45, 2.75) is 6.42 Å². The number of nitrogens with one attached hydrogen (secondary N) is 1. The zero-order chi connectivity index (χ0) is 22.7. The van der Waals surface area contributed by atoms with Gasteiger partial charge in [-0.1, -0.05) is 12.2 Å². The fourth-order valence-electron chi connectivity index (χ4n) is 5.90. The number of imide groups is 1. The second-order valence-electron chi connectivity index (χ2n) is 9.27. The molecule has 2 aromatic carbocycles. The maximum atomic E-state index is 13.0. The zero-order valence-corrected chi connectivity index (χ0v) is 18.1. The summed E-state index contributed by atoms with van der Waals surface area (Å²) in [7, 11) is 1.61. The Labute approximate surface area is 191 Å². The van der Waals surface area contributed by atoms with Gasteiger partial charge in [-0.2, -0.15) is 0 Å². The van der Waals surface area contributed by atoms with Gasteiger partial charge in [-0.15, -0.1) is 0 Å². The molecule has 168 valence electrons. The molecule has 5 aliphatic rings. The molecule has 1 heterocycles. The minimum atomic E-state index is -0.385. The number of hydrogen-bond donors (Lipinski definition) is 1. The Bertz CT molecular complexity index is 1120. The smallest absolute Gasteiger partial charge is 0.244 e. The van der Waals surface area contributed by atoms with Gasteiger partial charge < -0.3 is 14.8 Å². The number of allylic oxidation sites excluding steroid dienone is 2. The third kappa shape index (κ3) is 3.30. The van der Waals surface area contributed by atoms with E-state index in [1.807, 2.05) is 12.1 Å². The van der Waals surface area contributed by atoms with Gasteiger partial charge in [0.15, 0.2) is 0 Å². The van der Waals surface area contributed by atoms with E-state index in [1.54, 1.807) is 43.5 Å². The molecule has 1 saturated heterocycles. The van der Waals surface area contributed by atoms with Crippen molar-refractivity contribution in [3.05, 3.63) is 60.7 Å². The van der Waals surface area contributed by atoms with Gasteiger partial charge in [-0.25, -0.2) is 0 Å². The molecule has 2 saturated carbocycles. The van der Waals surface area contributed by atoms with E-state index in [0.29, 0.717) is 29.0 Å². The molecule has 0 aromatic heterocycles. The molecule has 2 bridgehead atoms. The van der Waals surface area contributed by atoms with Gasteiger partial charge in [0.1, 0.15) is 23.8 Å². The molecular weight excluding hydrogens is 420 g/mol. The molecule has 1 aliphatic heterocycles. The van der Waals surface area contributed by atoms with Gasteiger partial charge in [0, 0.05) is 5.69 Å². The number of nitrogens with zero attached hydrogens (tertiary/aromatic N) is 1. The summed E-state index contributed by atoms with van der Waals surface area (Å²) in [6.45, 7) is -0.246. The fourth-order valence-corrected chi connectivity index (χ4v) is 5.90. The van der Waals surface area contributed by atoms with Crippen LogP contribution in [0, 0.1) is 35.5 Å². The normalized spacial score (nSPS) is 30.6. The standard InChI is InChI=1S/C26H24N2O5/c1-32-15-6-8-17(9-7-15)33-16-4-2-14(3-5-16)27-22(29)13-28-25(30)23-18-10-11-19(21-12-20(18)21)24(23)26(28)31/h2-11,18-21,23-24H,12-13H2,1H3,(H,27,29). The second-order valence-corrected chi connectivity index (χ2v) is 9.27. The molecule has 0 radical (unpaired) electrons. The first-order valence-corrected chi connectivity index (χ1v) is 11.3. The van der Waals surface area contributed by atoms with Gasteiger partial charge in [0.2, 0.25) is 17.7 Å². The number of likely N-dealkylation sites (tertiary alicyclic amines) is 1. The van der Waals surface area contributed by atoms with E-state index in [2.05, 4.69) is 17.5 Å². The van der Waals surface area contributed by atoms with E-state index >= 15 is 0 Å². The molecule has 1 N–H and O–H groups in total. The number of carbonyl (C=O) groups excluding carboxylic acids is 3. The Balaban J connectivity index is 1.08. The molecule has 6 unspecified atom stereocenters. The maximum absolute atomic E-state index is 13.0. The number of hydrogen-bond acceptors (Lipinski definition) is 5. The first kappa shape index (κ1) is 20.0. The van der Waals surface area contributed by atoms with E-state index in [9.17, 15) is 14.4 Å². The van der Waals surface area contributed by atoms with Crippen molar-refractivity contribution in [3.8, 4) is 17.2 Å².